The maximum atomic E-state index is 13.2. The molecule has 3 fully saturated rings. The van der Waals surface area contributed by atoms with Gasteiger partial charge in [-0.3, -0.25) is 19.3 Å². The van der Waals surface area contributed by atoms with E-state index in [4.69, 9.17) is 19.4 Å². The second-order valence-electron chi connectivity index (χ2n) is 7.56. The van der Waals surface area contributed by atoms with Crippen LogP contribution in [0.5, 0.6) is 5.88 Å². The summed E-state index contributed by atoms with van der Waals surface area (Å²) in [5.74, 6) is 0.427. The summed E-state index contributed by atoms with van der Waals surface area (Å²) in [6, 6.07) is 3.56. The van der Waals surface area contributed by atoms with E-state index in [-0.39, 0.29) is 30.4 Å². The molecule has 0 radical (unpaired) electrons. The van der Waals surface area contributed by atoms with Gasteiger partial charge in [-0.25, -0.2) is 4.98 Å². The molecule has 4 heterocycles. The molecule has 1 aromatic heterocycles. The van der Waals surface area contributed by atoms with Crippen molar-refractivity contribution >= 4 is 18.3 Å². The fourth-order valence-electron chi connectivity index (χ4n) is 4.50. The van der Waals surface area contributed by atoms with Crippen LogP contribution >= 0.6 is 0 Å². The Balaban J connectivity index is 0.000000858. The topological polar surface area (TPSA) is 113 Å². The van der Waals surface area contributed by atoms with E-state index < -0.39 is 0 Å². The van der Waals surface area contributed by atoms with Crippen LogP contribution in [-0.2, 0) is 14.3 Å². The van der Waals surface area contributed by atoms with Crippen LogP contribution in [0, 0.1) is 0 Å². The lowest BCUT2D eigenvalue weighted by Crippen LogP contribution is -2.45. The minimum absolute atomic E-state index is 0.0561. The maximum absolute atomic E-state index is 13.2. The molecule has 4 rings (SSSR count). The Bertz CT molecular complexity index is 770. The molecule has 0 saturated carbocycles. The highest BCUT2D eigenvalue weighted by molar-refractivity contribution is 5.97. The molecule has 0 bridgehead atoms. The predicted octanol–water partition coefficient (Wildman–Crippen LogP) is 0.329. The maximum Gasteiger partial charge on any atom is 0.290 e. The Labute approximate surface area is 181 Å². The number of likely N-dealkylation sites (tertiary alicyclic amines) is 2. The van der Waals surface area contributed by atoms with Crippen molar-refractivity contribution in [1.29, 1.82) is 0 Å². The number of carboxylic acid groups (broad SMARTS) is 1. The average molecular weight is 434 g/mol. The van der Waals surface area contributed by atoms with Crippen LogP contribution in [0.4, 0.5) is 0 Å². The SMILES string of the molecule is CCOc1ncccc1C(=O)N1CC[C@H]2[C@@H]1CC(=O)N2CCN1CCOCC1.O=CO. The van der Waals surface area contributed by atoms with Gasteiger partial charge >= 0.3 is 0 Å². The van der Waals surface area contributed by atoms with Crippen LogP contribution in [0.1, 0.15) is 30.1 Å². The van der Waals surface area contributed by atoms with Gasteiger partial charge in [-0.05, 0) is 25.5 Å². The number of aromatic nitrogens is 1. The molecule has 0 aliphatic carbocycles. The largest absolute Gasteiger partial charge is 0.483 e. The van der Waals surface area contributed by atoms with Crippen molar-refractivity contribution in [3.8, 4) is 5.88 Å². The molecule has 31 heavy (non-hydrogen) atoms. The minimum Gasteiger partial charge on any atom is -0.483 e. The summed E-state index contributed by atoms with van der Waals surface area (Å²) in [5, 5.41) is 6.89. The number of morpholine rings is 1. The molecular formula is C21H30N4O6. The van der Waals surface area contributed by atoms with Crippen molar-refractivity contribution in [1.82, 2.24) is 19.7 Å². The van der Waals surface area contributed by atoms with E-state index in [9.17, 15) is 9.59 Å². The highest BCUT2D eigenvalue weighted by Crippen LogP contribution is 2.34. The molecule has 0 unspecified atom stereocenters. The fourth-order valence-corrected chi connectivity index (χ4v) is 4.50. The first-order valence-corrected chi connectivity index (χ1v) is 10.7. The number of rotatable bonds is 6. The van der Waals surface area contributed by atoms with Crippen LogP contribution in [0.2, 0.25) is 0 Å². The van der Waals surface area contributed by atoms with Gasteiger partial charge in [0.1, 0.15) is 5.56 Å². The standard InChI is InChI=1S/C20H28N4O4.CH2O2/c1-2-28-19-15(4-3-6-21-19)20(26)24-7-5-16-17(24)14-18(25)23(16)9-8-22-10-12-27-13-11-22;2-1-3/h3-4,6,16-17H,2,5,7-14H2,1H3;1H,(H,2,3)/t16-,17-;/m0./s1. The molecule has 2 atom stereocenters. The molecule has 10 heteroatoms. The Morgan fingerprint density at radius 1 is 1.29 bits per heavy atom. The predicted molar refractivity (Wildman–Crippen MR) is 111 cm³/mol. The second-order valence-corrected chi connectivity index (χ2v) is 7.56. The van der Waals surface area contributed by atoms with E-state index in [2.05, 4.69) is 9.88 Å². The molecule has 1 aromatic rings. The van der Waals surface area contributed by atoms with Crippen molar-refractivity contribution in [2.75, 3.05) is 52.5 Å². The van der Waals surface area contributed by atoms with E-state index in [1.165, 1.54) is 0 Å². The molecule has 1 N–H and O–H groups in total. The van der Waals surface area contributed by atoms with Crippen molar-refractivity contribution in [2.24, 2.45) is 0 Å². The van der Waals surface area contributed by atoms with Gasteiger partial charge in [0.25, 0.3) is 12.4 Å². The van der Waals surface area contributed by atoms with E-state index in [0.717, 1.165) is 45.8 Å². The first-order valence-electron chi connectivity index (χ1n) is 10.7. The molecule has 170 valence electrons. The fraction of sp³-hybridized carbons (Fsp3) is 0.619. The number of ether oxygens (including phenoxy) is 2. The van der Waals surface area contributed by atoms with Gasteiger partial charge < -0.3 is 24.4 Å². The molecule has 0 aromatic carbocycles. The quantitative estimate of drug-likeness (QED) is 0.638. The van der Waals surface area contributed by atoms with E-state index >= 15 is 0 Å². The number of carbonyl (C=O) groups excluding carboxylic acids is 2. The summed E-state index contributed by atoms with van der Waals surface area (Å²) in [4.78, 5) is 44.5. The summed E-state index contributed by atoms with van der Waals surface area (Å²) >= 11 is 0. The summed E-state index contributed by atoms with van der Waals surface area (Å²) in [7, 11) is 0. The Hall–Kier alpha value is -2.72. The van der Waals surface area contributed by atoms with E-state index in [1.54, 1.807) is 18.3 Å². The van der Waals surface area contributed by atoms with Gasteiger partial charge in [-0.1, -0.05) is 0 Å². The number of hydrogen-bond donors (Lipinski definition) is 1. The Kier molecular flexibility index (Phi) is 8.19. The third-order valence-corrected chi connectivity index (χ3v) is 5.92. The van der Waals surface area contributed by atoms with Crippen molar-refractivity contribution in [3.63, 3.8) is 0 Å². The zero-order valence-corrected chi connectivity index (χ0v) is 17.8. The van der Waals surface area contributed by atoms with Crippen molar-refractivity contribution in [2.45, 2.75) is 31.8 Å². The molecule has 10 nitrogen and oxygen atoms in total. The van der Waals surface area contributed by atoms with Crippen LogP contribution < -0.4 is 4.74 Å². The number of carbonyl (C=O) groups is 3. The summed E-state index contributed by atoms with van der Waals surface area (Å²) in [6.07, 6.45) is 2.86. The van der Waals surface area contributed by atoms with Gasteiger partial charge in [0.2, 0.25) is 11.8 Å². The van der Waals surface area contributed by atoms with Crippen molar-refractivity contribution < 1.29 is 29.0 Å². The summed E-state index contributed by atoms with van der Waals surface area (Å²) in [6.45, 7) is 7.68. The zero-order valence-electron chi connectivity index (χ0n) is 17.8. The molecule has 3 aliphatic heterocycles. The molecule has 3 aliphatic rings. The van der Waals surface area contributed by atoms with Gasteiger partial charge in [-0.2, -0.15) is 0 Å². The molecule has 0 spiro atoms. The third kappa shape index (κ3) is 5.31. The highest BCUT2D eigenvalue weighted by Gasteiger charge is 2.48. The number of fused-ring (bicyclic) bond motifs is 1. The first-order chi connectivity index (χ1) is 15.1. The summed E-state index contributed by atoms with van der Waals surface area (Å²) in [5.41, 5.74) is 0.476. The number of amides is 2. The molecule has 2 amide bonds. The monoisotopic (exact) mass is 434 g/mol. The highest BCUT2D eigenvalue weighted by atomic mass is 16.5. The van der Waals surface area contributed by atoms with Gasteiger partial charge in [0, 0.05) is 45.3 Å². The second kappa shape index (κ2) is 11.1. The summed E-state index contributed by atoms with van der Waals surface area (Å²) < 4.78 is 10.9. The van der Waals surface area contributed by atoms with E-state index in [1.807, 2.05) is 16.7 Å². The van der Waals surface area contributed by atoms with Crippen molar-refractivity contribution in [3.05, 3.63) is 23.9 Å². The molecule has 3 saturated heterocycles. The van der Waals surface area contributed by atoms with Gasteiger partial charge in [-0.15, -0.1) is 0 Å². The van der Waals surface area contributed by atoms with Crippen LogP contribution in [-0.4, -0.2) is 108 Å². The van der Waals surface area contributed by atoms with E-state index in [0.29, 0.717) is 31.0 Å². The third-order valence-electron chi connectivity index (χ3n) is 5.92. The number of nitrogens with zero attached hydrogens (tertiary/aromatic N) is 4. The number of pyridine rings is 1. The van der Waals surface area contributed by atoms with Crippen LogP contribution in [0.3, 0.4) is 0 Å². The van der Waals surface area contributed by atoms with Crippen LogP contribution in [0.25, 0.3) is 0 Å². The minimum atomic E-state index is -0.250. The average Bonchev–Trinajstić information content (AvgIpc) is 3.32. The first kappa shape index (κ1) is 23.0. The zero-order chi connectivity index (χ0) is 22.2. The number of hydrogen-bond acceptors (Lipinski definition) is 7. The normalized spacial score (nSPS) is 23.2. The lowest BCUT2D eigenvalue weighted by Gasteiger charge is -2.30. The smallest absolute Gasteiger partial charge is 0.290 e. The Morgan fingerprint density at radius 3 is 2.74 bits per heavy atom. The van der Waals surface area contributed by atoms with Gasteiger partial charge in [0.05, 0.1) is 31.9 Å². The lowest BCUT2D eigenvalue weighted by molar-refractivity contribution is -0.129. The van der Waals surface area contributed by atoms with Crippen LogP contribution in [0.15, 0.2) is 18.3 Å². The van der Waals surface area contributed by atoms with Gasteiger partial charge in [0.15, 0.2) is 0 Å². The lowest BCUT2D eigenvalue weighted by atomic mass is 10.1. The Morgan fingerprint density at radius 2 is 2.03 bits per heavy atom. The molecular weight excluding hydrogens is 404 g/mol.